The average Bonchev–Trinajstić information content (AvgIpc) is 3.06. The van der Waals surface area contributed by atoms with Gasteiger partial charge in [0.1, 0.15) is 12.4 Å². The first-order chi connectivity index (χ1) is 9.47. The number of carbonyl (C=O) groups excluding carboxylic acids is 1. The zero-order valence-electron chi connectivity index (χ0n) is 11.6. The van der Waals surface area contributed by atoms with Gasteiger partial charge >= 0.3 is 5.97 Å². The number of hydrogen-bond donors (Lipinski definition) is 0. The average molecular weight is 317 g/mol. The van der Waals surface area contributed by atoms with Gasteiger partial charge in [0.2, 0.25) is 0 Å². The fourth-order valence-electron chi connectivity index (χ4n) is 1.90. The molecule has 0 spiro atoms. The van der Waals surface area contributed by atoms with Crippen molar-refractivity contribution in [3.63, 3.8) is 0 Å². The highest BCUT2D eigenvalue weighted by Crippen LogP contribution is 2.55. The van der Waals surface area contributed by atoms with Gasteiger partial charge in [0.15, 0.2) is 0 Å². The maximum atomic E-state index is 11.5. The van der Waals surface area contributed by atoms with E-state index in [1.807, 2.05) is 24.3 Å². The minimum Gasteiger partial charge on any atom is -0.493 e. The molecule has 110 valence electrons. The van der Waals surface area contributed by atoms with E-state index in [4.69, 9.17) is 32.7 Å². The van der Waals surface area contributed by atoms with Crippen molar-refractivity contribution in [3.05, 3.63) is 29.8 Å². The number of carbonyl (C=O) groups is 1. The number of rotatable bonds is 6. The minimum absolute atomic E-state index is 0.000212. The lowest BCUT2D eigenvalue weighted by Gasteiger charge is -2.13. The van der Waals surface area contributed by atoms with E-state index in [0.717, 1.165) is 12.0 Å². The summed E-state index contributed by atoms with van der Waals surface area (Å²) in [6.45, 7) is 4.24. The molecule has 0 N–H and O–H groups in total. The molecular formula is C15H18Cl2O3. The van der Waals surface area contributed by atoms with Crippen LogP contribution in [0.25, 0.3) is 0 Å². The molecule has 0 heterocycles. The molecule has 1 aliphatic carbocycles. The number of ether oxygens (including phenoxy) is 2. The molecule has 0 aromatic heterocycles. The van der Waals surface area contributed by atoms with E-state index in [1.165, 1.54) is 0 Å². The Balaban J connectivity index is 1.87. The molecule has 1 aliphatic rings. The van der Waals surface area contributed by atoms with E-state index in [2.05, 4.69) is 0 Å². The maximum absolute atomic E-state index is 11.5. The third-order valence-corrected chi connectivity index (χ3v) is 4.61. The summed E-state index contributed by atoms with van der Waals surface area (Å²) in [5.41, 5.74) is 1.00. The number of esters is 1. The smallest absolute Gasteiger partial charge is 0.312 e. The summed E-state index contributed by atoms with van der Waals surface area (Å²) in [4.78, 5) is 11.0. The van der Waals surface area contributed by atoms with Gasteiger partial charge in [0.05, 0.1) is 22.8 Å². The second kappa shape index (κ2) is 6.23. The largest absolute Gasteiger partial charge is 0.493 e. The molecule has 3 unspecified atom stereocenters. The SMILES string of the molecule is CCOC(=O)C(C)COc1ccc(C2(Cl)CC2Cl)cc1. The lowest BCUT2D eigenvalue weighted by molar-refractivity contribution is -0.148. The Bertz CT molecular complexity index is 475. The quantitative estimate of drug-likeness (QED) is 0.593. The van der Waals surface area contributed by atoms with Crippen LogP contribution in [0.1, 0.15) is 25.8 Å². The Morgan fingerprint density at radius 2 is 2.05 bits per heavy atom. The van der Waals surface area contributed by atoms with Crippen LogP contribution in [0.4, 0.5) is 0 Å². The minimum atomic E-state index is -0.418. The van der Waals surface area contributed by atoms with Crippen LogP contribution < -0.4 is 4.74 Å². The van der Waals surface area contributed by atoms with Gasteiger partial charge in [0.25, 0.3) is 0 Å². The second-order valence-electron chi connectivity index (χ2n) is 5.02. The van der Waals surface area contributed by atoms with Crippen LogP contribution in [0.15, 0.2) is 24.3 Å². The molecule has 0 bridgehead atoms. The third kappa shape index (κ3) is 3.39. The van der Waals surface area contributed by atoms with Gasteiger partial charge in [-0.1, -0.05) is 12.1 Å². The van der Waals surface area contributed by atoms with Crippen molar-refractivity contribution in [2.45, 2.75) is 30.5 Å². The van der Waals surface area contributed by atoms with Crippen LogP contribution in [-0.2, 0) is 14.4 Å². The Labute approximate surface area is 129 Å². The first kappa shape index (κ1) is 15.5. The monoisotopic (exact) mass is 316 g/mol. The Morgan fingerprint density at radius 3 is 2.55 bits per heavy atom. The fraction of sp³-hybridized carbons (Fsp3) is 0.533. The zero-order valence-corrected chi connectivity index (χ0v) is 13.1. The second-order valence-corrected chi connectivity index (χ2v) is 6.22. The topological polar surface area (TPSA) is 35.5 Å². The van der Waals surface area contributed by atoms with Crippen LogP contribution >= 0.6 is 23.2 Å². The normalized spacial score (nSPS) is 25.9. The van der Waals surface area contributed by atoms with E-state index in [9.17, 15) is 4.79 Å². The summed E-state index contributed by atoms with van der Waals surface area (Å²) in [5, 5.41) is -0.000212. The molecule has 5 heteroatoms. The highest BCUT2D eigenvalue weighted by molar-refractivity contribution is 6.36. The van der Waals surface area contributed by atoms with Crippen molar-refractivity contribution in [1.29, 1.82) is 0 Å². The van der Waals surface area contributed by atoms with Crippen molar-refractivity contribution in [3.8, 4) is 5.75 Å². The van der Waals surface area contributed by atoms with Crippen LogP contribution in [-0.4, -0.2) is 24.6 Å². The van der Waals surface area contributed by atoms with Gasteiger partial charge in [0, 0.05) is 0 Å². The lowest BCUT2D eigenvalue weighted by atomic mass is 10.1. The molecule has 1 aromatic rings. The molecule has 0 amide bonds. The van der Waals surface area contributed by atoms with Gasteiger partial charge in [-0.3, -0.25) is 4.79 Å². The molecule has 1 fully saturated rings. The summed E-state index contributed by atoms with van der Waals surface area (Å²) < 4.78 is 10.5. The van der Waals surface area contributed by atoms with E-state index in [0.29, 0.717) is 19.0 Å². The Kier molecular flexibility index (Phi) is 4.82. The zero-order chi connectivity index (χ0) is 14.8. The molecule has 0 saturated heterocycles. The molecule has 3 nitrogen and oxygen atoms in total. The molecule has 0 aliphatic heterocycles. The fourth-order valence-corrected chi connectivity index (χ4v) is 2.63. The first-order valence-corrected chi connectivity index (χ1v) is 7.51. The molecule has 1 saturated carbocycles. The molecular weight excluding hydrogens is 299 g/mol. The first-order valence-electron chi connectivity index (χ1n) is 6.70. The predicted molar refractivity (Wildman–Crippen MR) is 79.5 cm³/mol. The van der Waals surface area contributed by atoms with E-state index < -0.39 is 4.87 Å². The number of hydrogen-bond acceptors (Lipinski definition) is 3. The van der Waals surface area contributed by atoms with Crippen molar-refractivity contribution in [2.24, 2.45) is 5.92 Å². The number of alkyl halides is 2. The van der Waals surface area contributed by atoms with E-state index >= 15 is 0 Å². The summed E-state index contributed by atoms with van der Waals surface area (Å²) in [5.74, 6) is 0.174. The molecule has 0 radical (unpaired) electrons. The van der Waals surface area contributed by atoms with Crippen LogP contribution in [0.5, 0.6) is 5.75 Å². The van der Waals surface area contributed by atoms with Gasteiger partial charge < -0.3 is 9.47 Å². The van der Waals surface area contributed by atoms with Crippen LogP contribution in [0.3, 0.4) is 0 Å². The van der Waals surface area contributed by atoms with Crippen LogP contribution in [0, 0.1) is 5.92 Å². The maximum Gasteiger partial charge on any atom is 0.312 e. The van der Waals surface area contributed by atoms with Crippen LogP contribution in [0.2, 0.25) is 0 Å². The molecule has 2 rings (SSSR count). The highest BCUT2D eigenvalue weighted by atomic mass is 35.5. The summed E-state index contributed by atoms with van der Waals surface area (Å²) in [7, 11) is 0. The summed E-state index contributed by atoms with van der Waals surface area (Å²) >= 11 is 12.4. The van der Waals surface area contributed by atoms with Gasteiger partial charge in [-0.25, -0.2) is 0 Å². The van der Waals surface area contributed by atoms with Gasteiger partial charge in [-0.15, -0.1) is 23.2 Å². The third-order valence-electron chi connectivity index (χ3n) is 3.34. The number of halogens is 2. The van der Waals surface area contributed by atoms with E-state index in [-0.39, 0.29) is 17.3 Å². The predicted octanol–water partition coefficient (Wildman–Crippen LogP) is 3.71. The summed E-state index contributed by atoms with van der Waals surface area (Å²) in [6.07, 6.45) is 0.788. The van der Waals surface area contributed by atoms with Crippen molar-refractivity contribution >= 4 is 29.2 Å². The van der Waals surface area contributed by atoms with E-state index in [1.54, 1.807) is 13.8 Å². The Morgan fingerprint density at radius 1 is 1.45 bits per heavy atom. The van der Waals surface area contributed by atoms with Crippen molar-refractivity contribution in [2.75, 3.05) is 13.2 Å². The van der Waals surface area contributed by atoms with Crippen molar-refractivity contribution in [1.82, 2.24) is 0 Å². The summed E-state index contributed by atoms with van der Waals surface area (Å²) in [6, 6.07) is 7.53. The van der Waals surface area contributed by atoms with Gasteiger partial charge in [-0.2, -0.15) is 0 Å². The molecule has 1 aromatic carbocycles. The molecule has 20 heavy (non-hydrogen) atoms. The van der Waals surface area contributed by atoms with Crippen molar-refractivity contribution < 1.29 is 14.3 Å². The van der Waals surface area contributed by atoms with Gasteiger partial charge in [-0.05, 0) is 38.0 Å². The Hall–Kier alpha value is -0.930. The molecule has 3 atom stereocenters. The lowest BCUT2D eigenvalue weighted by Crippen LogP contribution is -2.21. The standard InChI is InChI=1S/C15H18Cl2O3/c1-3-19-14(18)10(2)9-20-12-6-4-11(5-7-12)15(17)8-13(15)16/h4-7,10,13H,3,8-9H2,1-2H3. The number of benzene rings is 1. The highest BCUT2D eigenvalue weighted by Gasteiger charge is 2.53.